The first kappa shape index (κ1) is 23.9. The van der Waals surface area contributed by atoms with Crippen LogP contribution in [0.25, 0.3) is 12.2 Å². The van der Waals surface area contributed by atoms with Crippen molar-refractivity contribution in [3.63, 3.8) is 0 Å². The van der Waals surface area contributed by atoms with Crippen LogP contribution in [0.5, 0.6) is 0 Å². The smallest absolute Gasteiger partial charge is 0.410 e. The third-order valence-electron chi connectivity index (χ3n) is 5.56. The molecule has 0 spiro atoms. The molecular formula is C27H31ClN4O2. The second kappa shape index (κ2) is 10.3. The molecule has 0 unspecified atom stereocenters. The van der Waals surface area contributed by atoms with Crippen LogP contribution in [0.4, 0.5) is 10.5 Å². The highest BCUT2D eigenvalue weighted by molar-refractivity contribution is 6.30. The van der Waals surface area contributed by atoms with E-state index in [0.29, 0.717) is 13.1 Å². The standard InChI is InChI=1S/C27H31ClN4O2/c1-27(2,3)34-26(33)32-14-12-31(13-15-32)25-8-6-21(7-9-25)4-5-22-16-23(18-24(28)17-22)19-30-11-10-29-20-30/h4-11,16-18,20H,12-15,19H2,1-3H3/b5-4+. The van der Waals surface area contributed by atoms with Crippen LogP contribution < -0.4 is 4.90 Å². The molecular weight excluding hydrogens is 448 g/mol. The molecule has 7 heteroatoms. The molecule has 0 bridgehead atoms. The van der Waals surface area contributed by atoms with Gasteiger partial charge in [-0.2, -0.15) is 0 Å². The van der Waals surface area contributed by atoms with Gasteiger partial charge in [-0.05, 0) is 67.8 Å². The van der Waals surface area contributed by atoms with Crippen LogP contribution in [0.2, 0.25) is 5.02 Å². The van der Waals surface area contributed by atoms with E-state index in [0.717, 1.165) is 47.0 Å². The van der Waals surface area contributed by atoms with Gasteiger partial charge in [-0.3, -0.25) is 0 Å². The van der Waals surface area contributed by atoms with Gasteiger partial charge in [0.2, 0.25) is 0 Å². The number of aromatic nitrogens is 2. The van der Waals surface area contributed by atoms with E-state index in [4.69, 9.17) is 16.3 Å². The average molecular weight is 479 g/mol. The molecule has 2 heterocycles. The Balaban J connectivity index is 1.35. The Morgan fingerprint density at radius 2 is 1.74 bits per heavy atom. The zero-order chi connectivity index (χ0) is 24.1. The fourth-order valence-corrected chi connectivity index (χ4v) is 4.18. The van der Waals surface area contributed by atoms with Crippen LogP contribution in [0.15, 0.2) is 61.2 Å². The van der Waals surface area contributed by atoms with Crippen molar-refractivity contribution >= 4 is 35.5 Å². The van der Waals surface area contributed by atoms with E-state index < -0.39 is 5.60 Å². The van der Waals surface area contributed by atoms with E-state index in [9.17, 15) is 4.79 Å². The summed E-state index contributed by atoms with van der Waals surface area (Å²) in [6, 6.07) is 14.6. The van der Waals surface area contributed by atoms with Crippen molar-refractivity contribution in [2.45, 2.75) is 32.9 Å². The van der Waals surface area contributed by atoms with Crippen molar-refractivity contribution in [2.24, 2.45) is 0 Å². The Hall–Kier alpha value is -3.25. The van der Waals surface area contributed by atoms with E-state index in [1.54, 1.807) is 17.4 Å². The second-order valence-corrected chi connectivity index (χ2v) is 9.94. The summed E-state index contributed by atoms with van der Waals surface area (Å²) < 4.78 is 7.51. The van der Waals surface area contributed by atoms with Gasteiger partial charge in [-0.1, -0.05) is 35.9 Å². The zero-order valence-corrected chi connectivity index (χ0v) is 20.7. The molecule has 2 aromatic carbocycles. The Morgan fingerprint density at radius 3 is 2.38 bits per heavy atom. The van der Waals surface area contributed by atoms with E-state index in [1.165, 1.54) is 0 Å². The molecule has 0 aliphatic carbocycles. The number of benzene rings is 2. The van der Waals surface area contributed by atoms with E-state index in [-0.39, 0.29) is 6.09 Å². The minimum atomic E-state index is -0.468. The molecule has 3 aromatic rings. The highest BCUT2D eigenvalue weighted by Gasteiger charge is 2.25. The van der Waals surface area contributed by atoms with Gasteiger partial charge >= 0.3 is 6.09 Å². The SMILES string of the molecule is CC(C)(C)OC(=O)N1CCN(c2ccc(/C=C/c3cc(Cl)cc(Cn4ccnc4)c3)cc2)CC1. The lowest BCUT2D eigenvalue weighted by Gasteiger charge is -2.36. The first-order valence-electron chi connectivity index (χ1n) is 11.5. The van der Waals surface area contributed by atoms with E-state index in [1.807, 2.05) is 43.7 Å². The maximum absolute atomic E-state index is 12.3. The van der Waals surface area contributed by atoms with Gasteiger partial charge in [0.15, 0.2) is 0 Å². The molecule has 1 aliphatic heterocycles. The number of hydrogen-bond acceptors (Lipinski definition) is 4. The first-order valence-corrected chi connectivity index (χ1v) is 11.9. The van der Waals surface area contributed by atoms with Crippen LogP contribution in [-0.2, 0) is 11.3 Å². The summed E-state index contributed by atoms with van der Waals surface area (Å²) in [4.78, 5) is 20.5. The zero-order valence-electron chi connectivity index (χ0n) is 19.9. The Kier molecular flexibility index (Phi) is 7.27. The molecule has 178 valence electrons. The van der Waals surface area contributed by atoms with Gasteiger partial charge in [0.1, 0.15) is 5.60 Å². The third kappa shape index (κ3) is 6.64. The maximum Gasteiger partial charge on any atom is 0.410 e. The quantitative estimate of drug-likeness (QED) is 0.434. The molecule has 0 N–H and O–H groups in total. The predicted octanol–water partition coefficient (Wildman–Crippen LogP) is 5.81. The number of anilines is 1. The predicted molar refractivity (Wildman–Crippen MR) is 138 cm³/mol. The Bertz CT molecular complexity index is 1130. The normalized spacial score (nSPS) is 14.6. The lowest BCUT2D eigenvalue weighted by molar-refractivity contribution is 0.0240. The fourth-order valence-electron chi connectivity index (χ4n) is 3.92. The molecule has 1 fully saturated rings. The van der Waals surface area contributed by atoms with Crippen LogP contribution in [-0.4, -0.2) is 52.3 Å². The molecule has 6 nitrogen and oxygen atoms in total. The van der Waals surface area contributed by atoms with Gasteiger partial charge < -0.3 is 19.1 Å². The first-order chi connectivity index (χ1) is 16.2. The molecule has 0 atom stereocenters. The van der Waals surface area contributed by atoms with Crippen molar-refractivity contribution in [1.29, 1.82) is 0 Å². The van der Waals surface area contributed by atoms with Crippen LogP contribution in [0, 0.1) is 0 Å². The van der Waals surface area contributed by atoms with Crippen LogP contribution >= 0.6 is 11.6 Å². The summed E-state index contributed by atoms with van der Waals surface area (Å²) in [5, 5.41) is 0.720. The number of imidazole rings is 1. The largest absolute Gasteiger partial charge is 0.444 e. The maximum atomic E-state index is 12.3. The Morgan fingerprint density at radius 1 is 1.03 bits per heavy atom. The third-order valence-corrected chi connectivity index (χ3v) is 5.78. The number of carbonyl (C=O) groups is 1. The summed E-state index contributed by atoms with van der Waals surface area (Å²) >= 11 is 6.34. The Labute approximate surface area is 206 Å². The number of amides is 1. The lowest BCUT2D eigenvalue weighted by atomic mass is 10.1. The number of halogens is 1. The monoisotopic (exact) mass is 478 g/mol. The van der Waals surface area contributed by atoms with Gasteiger partial charge in [-0.15, -0.1) is 0 Å². The fraction of sp³-hybridized carbons (Fsp3) is 0.333. The van der Waals surface area contributed by atoms with Gasteiger partial charge in [0, 0.05) is 55.8 Å². The number of ether oxygens (including phenoxy) is 1. The van der Waals surface area contributed by atoms with Crippen LogP contribution in [0.3, 0.4) is 0 Å². The summed E-state index contributed by atoms with van der Waals surface area (Å²) in [7, 11) is 0. The minimum Gasteiger partial charge on any atom is -0.444 e. The van der Waals surface area contributed by atoms with Crippen molar-refractivity contribution in [1.82, 2.24) is 14.5 Å². The van der Waals surface area contributed by atoms with Crippen molar-refractivity contribution in [3.8, 4) is 0 Å². The van der Waals surface area contributed by atoms with Crippen molar-refractivity contribution in [2.75, 3.05) is 31.1 Å². The van der Waals surface area contributed by atoms with E-state index in [2.05, 4.69) is 52.4 Å². The highest BCUT2D eigenvalue weighted by atomic mass is 35.5. The van der Waals surface area contributed by atoms with Gasteiger partial charge in [0.05, 0.1) is 6.33 Å². The molecule has 1 amide bonds. The molecule has 4 rings (SSSR count). The molecule has 1 saturated heterocycles. The number of carbonyl (C=O) groups excluding carboxylic acids is 1. The van der Waals surface area contributed by atoms with Gasteiger partial charge in [0.25, 0.3) is 0 Å². The highest BCUT2D eigenvalue weighted by Crippen LogP contribution is 2.21. The topological polar surface area (TPSA) is 50.6 Å². The molecule has 0 saturated carbocycles. The number of hydrogen-bond donors (Lipinski definition) is 0. The summed E-state index contributed by atoms with van der Waals surface area (Å²) in [6.45, 7) is 9.31. The number of nitrogens with zero attached hydrogens (tertiary/aromatic N) is 4. The molecule has 0 radical (unpaired) electrons. The summed E-state index contributed by atoms with van der Waals surface area (Å²) in [5.41, 5.74) is 4.00. The summed E-state index contributed by atoms with van der Waals surface area (Å²) in [5.74, 6) is 0. The van der Waals surface area contributed by atoms with Crippen molar-refractivity contribution in [3.05, 3.63) is 82.9 Å². The molecule has 1 aromatic heterocycles. The lowest BCUT2D eigenvalue weighted by Crippen LogP contribution is -2.50. The van der Waals surface area contributed by atoms with Crippen LogP contribution in [0.1, 0.15) is 37.5 Å². The minimum absolute atomic E-state index is 0.234. The van der Waals surface area contributed by atoms with Crippen molar-refractivity contribution < 1.29 is 9.53 Å². The number of rotatable bonds is 5. The number of piperazine rings is 1. The second-order valence-electron chi connectivity index (χ2n) is 9.51. The average Bonchev–Trinajstić information content (AvgIpc) is 3.30. The summed E-state index contributed by atoms with van der Waals surface area (Å²) in [6.07, 6.45) is 9.46. The van der Waals surface area contributed by atoms with Gasteiger partial charge in [-0.25, -0.2) is 9.78 Å². The molecule has 34 heavy (non-hydrogen) atoms. The molecule has 1 aliphatic rings. The van der Waals surface area contributed by atoms with E-state index >= 15 is 0 Å².